The summed E-state index contributed by atoms with van der Waals surface area (Å²) < 4.78 is 38.1. The van der Waals surface area contributed by atoms with Crippen LogP contribution in [-0.4, -0.2) is 22.0 Å². The second kappa shape index (κ2) is 5.93. The molecule has 104 valence electrons. The van der Waals surface area contributed by atoms with E-state index in [2.05, 4.69) is 10.4 Å². The maximum Gasteiger partial charge on any atom is 0.390 e. The van der Waals surface area contributed by atoms with Crippen molar-refractivity contribution in [2.45, 2.75) is 45.5 Å². The summed E-state index contributed by atoms with van der Waals surface area (Å²) in [5.74, 6) is 0. The molecule has 0 aliphatic carbocycles. The molecule has 1 aromatic heterocycles. The highest BCUT2D eigenvalue weighted by Crippen LogP contribution is 2.23. The lowest BCUT2D eigenvalue weighted by Gasteiger charge is -2.15. The van der Waals surface area contributed by atoms with Crippen molar-refractivity contribution in [3.05, 3.63) is 16.4 Å². The summed E-state index contributed by atoms with van der Waals surface area (Å²) in [7, 11) is 1.73. The third-order valence-corrected chi connectivity index (χ3v) is 3.09. The summed E-state index contributed by atoms with van der Waals surface area (Å²) in [6, 6.07) is -0.652. The summed E-state index contributed by atoms with van der Waals surface area (Å²) >= 11 is 6.10. The van der Waals surface area contributed by atoms with Gasteiger partial charge in [0, 0.05) is 19.6 Å². The maximum absolute atomic E-state index is 12.2. The molecule has 1 rings (SSSR count). The van der Waals surface area contributed by atoms with Gasteiger partial charge in [-0.3, -0.25) is 4.68 Å². The zero-order valence-electron chi connectivity index (χ0n) is 10.6. The molecule has 7 heteroatoms. The number of alkyl halides is 3. The van der Waals surface area contributed by atoms with Crippen LogP contribution in [0.4, 0.5) is 13.2 Å². The van der Waals surface area contributed by atoms with Gasteiger partial charge in [0.1, 0.15) is 0 Å². The third kappa shape index (κ3) is 4.17. The van der Waals surface area contributed by atoms with Crippen molar-refractivity contribution in [1.29, 1.82) is 0 Å². The molecule has 0 saturated heterocycles. The summed E-state index contributed by atoms with van der Waals surface area (Å²) in [6.45, 7) is 3.70. The second-order valence-corrected chi connectivity index (χ2v) is 4.66. The molecule has 0 radical (unpaired) electrons. The Balaban J connectivity index is 2.61. The van der Waals surface area contributed by atoms with Gasteiger partial charge in [-0.1, -0.05) is 18.5 Å². The first kappa shape index (κ1) is 15.3. The smallest absolute Gasteiger partial charge is 0.308 e. The largest absolute Gasteiger partial charge is 0.390 e. The standard InChI is InChI=1S/C11H17ClF3N3/c1-4-8-10(12)9(18(3)17-8)6-16-7(2)5-11(13,14)15/h7,16H,4-6H2,1-3H3. The van der Waals surface area contributed by atoms with E-state index in [1.807, 2.05) is 6.92 Å². The van der Waals surface area contributed by atoms with E-state index in [4.69, 9.17) is 11.6 Å². The number of hydrogen-bond acceptors (Lipinski definition) is 2. The van der Waals surface area contributed by atoms with Gasteiger partial charge in [-0.2, -0.15) is 18.3 Å². The molecule has 0 bridgehead atoms. The molecule has 1 unspecified atom stereocenters. The van der Waals surface area contributed by atoms with Crippen molar-refractivity contribution in [2.75, 3.05) is 0 Å². The van der Waals surface area contributed by atoms with Gasteiger partial charge in [0.25, 0.3) is 0 Å². The molecule has 1 heterocycles. The predicted molar refractivity (Wildman–Crippen MR) is 64.6 cm³/mol. The lowest BCUT2D eigenvalue weighted by Crippen LogP contribution is -2.31. The van der Waals surface area contributed by atoms with Gasteiger partial charge in [-0.15, -0.1) is 0 Å². The average molecular weight is 284 g/mol. The van der Waals surface area contributed by atoms with E-state index in [1.54, 1.807) is 11.7 Å². The number of aromatic nitrogens is 2. The first-order chi connectivity index (χ1) is 8.24. The quantitative estimate of drug-likeness (QED) is 0.900. The summed E-state index contributed by atoms with van der Waals surface area (Å²) in [4.78, 5) is 0. The van der Waals surface area contributed by atoms with Crippen LogP contribution in [0.3, 0.4) is 0 Å². The lowest BCUT2D eigenvalue weighted by atomic mass is 10.2. The van der Waals surface area contributed by atoms with Crippen LogP contribution in [0.2, 0.25) is 5.02 Å². The Morgan fingerprint density at radius 1 is 1.44 bits per heavy atom. The molecule has 0 saturated carbocycles. The van der Waals surface area contributed by atoms with Crippen LogP contribution in [0, 0.1) is 0 Å². The van der Waals surface area contributed by atoms with Crippen molar-refractivity contribution in [1.82, 2.24) is 15.1 Å². The molecular formula is C11H17ClF3N3. The Kier molecular flexibility index (Phi) is 5.04. The Morgan fingerprint density at radius 3 is 2.50 bits per heavy atom. The average Bonchev–Trinajstić information content (AvgIpc) is 2.49. The zero-order valence-corrected chi connectivity index (χ0v) is 11.4. The molecule has 1 aromatic rings. The van der Waals surface area contributed by atoms with E-state index >= 15 is 0 Å². The van der Waals surface area contributed by atoms with E-state index < -0.39 is 18.6 Å². The molecular weight excluding hydrogens is 267 g/mol. The van der Waals surface area contributed by atoms with Crippen LogP contribution >= 0.6 is 11.6 Å². The SMILES string of the molecule is CCc1nn(C)c(CNC(C)CC(F)(F)F)c1Cl. The molecule has 3 nitrogen and oxygen atoms in total. The van der Waals surface area contributed by atoms with E-state index in [0.29, 0.717) is 17.1 Å². The van der Waals surface area contributed by atoms with Crippen LogP contribution in [0.1, 0.15) is 31.7 Å². The maximum atomic E-state index is 12.2. The minimum Gasteiger partial charge on any atom is -0.308 e. The Morgan fingerprint density at radius 2 is 2.06 bits per heavy atom. The van der Waals surface area contributed by atoms with Gasteiger partial charge in [-0.25, -0.2) is 0 Å². The predicted octanol–water partition coefficient (Wildman–Crippen LogP) is 3.07. The lowest BCUT2D eigenvalue weighted by molar-refractivity contribution is -0.139. The molecule has 0 spiro atoms. The Hall–Kier alpha value is -0.750. The Bertz CT molecular complexity index is 401. The summed E-state index contributed by atoms with van der Waals surface area (Å²) in [5, 5.41) is 7.55. The van der Waals surface area contributed by atoms with Gasteiger partial charge in [0.05, 0.1) is 22.8 Å². The summed E-state index contributed by atoms with van der Waals surface area (Å²) in [6.07, 6.45) is -4.31. The molecule has 1 atom stereocenters. The van der Waals surface area contributed by atoms with Gasteiger partial charge in [0.15, 0.2) is 0 Å². The molecule has 0 aromatic carbocycles. The normalized spacial score (nSPS) is 13.9. The van der Waals surface area contributed by atoms with E-state index in [0.717, 1.165) is 5.69 Å². The van der Waals surface area contributed by atoms with Crippen molar-refractivity contribution in [2.24, 2.45) is 7.05 Å². The third-order valence-electron chi connectivity index (χ3n) is 2.66. The Labute approximate surface area is 109 Å². The van der Waals surface area contributed by atoms with Crippen LogP contribution in [-0.2, 0) is 20.0 Å². The van der Waals surface area contributed by atoms with Gasteiger partial charge >= 0.3 is 6.18 Å². The molecule has 0 aliphatic rings. The van der Waals surface area contributed by atoms with Gasteiger partial charge in [-0.05, 0) is 13.3 Å². The number of hydrogen-bond donors (Lipinski definition) is 1. The van der Waals surface area contributed by atoms with Crippen LogP contribution in [0.15, 0.2) is 0 Å². The van der Waals surface area contributed by atoms with Crippen LogP contribution in [0.5, 0.6) is 0 Å². The van der Waals surface area contributed by atoms with Crippen LogP contribution in [0.25, 0.3) is 0 Å². The topological polar surface area (TPSA) is 29.9 Å². The van der Waals surface area contributed by atoms with Crippen molar-refractivity contribution >= 4 is 11.6 Å². The van der Waals surface area contributed by atoms with E-state index in [1.165, 1.54) is 6.92 Å². The number of nitrogens with zero attached hydrogens (tertiary/aromatic N) is 2. The fraction of sp³-hybridized carbons (Fsp3) is 0.727. The molecule has 0 aliphatic heterocycles. The molecule has 0 fully saturated rings. The second-order valence-electron chi connectivity index (χ2n) is 4.29. The minimum absolute atomic E-state index is 0.277. The first-order valence-electron chi connectivity index (χ1n) is 5.75. The fourth-order valence-corrected chi connectivity index (χ4v) is 2.06. The summed E-state index contributed by atoms with van der Waals surface area (Å²) in [5.41, 5.74) is 1.47. The number of rotatable bonds is 5. The van der Waals surface area contributed by atoms with Crippen molar-refractivity contribution in [3.63, 3.8) is 0 Å². The fourth-order valence-electron chi connectivity index (χ4n) is 1.70. The van der Waals surface area contributed by atoms with Gasteiger partial charge < -0.3 is 5.32 Å². The number of halogens is 4. The highest BCUT2D eigenvalue weighted by atomic mass is 35.5. The number of nitrogens with one attached hydrogen (secondary N) is 1. The molecule has 18 heavy (non-hydrogen) atoms. The monoisotopic (exact) mass is 283 g/mol. The van der Waals surface area contributed by atoms with Crippen LogP contribution < -0.4 is 5.32 Å². The van der Waals surface area contributed by atoms with E-state index in [9.17, 15) is 13.2 Å². The van der Waals surface area contributed by atoms with Crippen molar-refractivity contribution < 1.29 is 13.2 Å². The highest BCUT2D eigenvalue weighted by molar-refractivity contribution is 6.31. The first-order valence-corrected chi connectivity index (χ1v) is 6.12. The van der Waals surface area contributed by atoms with Crippen molar-refractivity contribution in [3.8, 4) is 0 Å². The number of aryl methyl sites for hydroxylation is 2. The zero-order chi connectivity index (χ0) is 13.9. The molecule has 0 amide bonds. The minimum atomic E-state index is -4.16. The van der Waals surface area contributed by atoms with Gasteiger partial charge in [0.2, 0.25) is 0 Å². The van der Waals surface area contributed by atoms with E-state index in [-0.39, 0.29) is 6.54 Å². The molecule has 1 N–H and O–H groups in total. The highest BCUT2D eigenvalue weighted by Gasteiger charge is 2.29.